The lowest BCUT2D eigenvalue weighted by Crippen LogP contribution is -2.12. The fourth-order valence-electron chi connectivity index (χ4n) is 2.87. The molecule has 0 amide bonds. The second-order valence-electron chi connectivity index (χ2n) is 5.28. The Labute approximate surface area is 114 Å². The van der Waals surface area contributed by atoms with E-state index in [0.717, 1.165) is 29.4 Å². The molecule has 0 radical (unpaired) electrons. The molecule has 1 aromatic carbocycles. The molecule has 3 heteroatoms. The first-order valence-corrected chi connectivity index (χ1v) is 7.03. The van der Waals surface area contributed by atoms with Crippen LogP contribution in [0.1, 0.15) is 25.7 Å². The number of hydrogen-bond acceptors (Lipinski definition) is 3. The number of anilines is 1. The number of aromatic nitrogens is 1. The highest BCUT2D eigenvalue weighted by Gasteiger charge is 2.15. The largest absolute Gasteiger partial charge is 0.497 e. The van der Waals surface area contributed by atoms with Crippen molar-refractivity contribution in [3.8, 4) is 5.75 Å². The minimum atomic E-state index is 0.808. The molecule has 1 aromatic heterocycles. The molecule has 0 aliphatic heterocycles. The van der Waals surface area contributed by atoms with E-state index in [4.69, 9.17) is 4.74 Å². The van der Waals surface area contributed by atoms with Crippen LogP contribution in [0.15, 0.2) is 30.5 Å². The van der Waals surface area contributed by atoms with E-state index in [1.54, 1.807) is 7.11 Å². The van der Waals surface area contributed by atoms with Crippen LogP contribution in [-0.4, -0.2) is 18.6 Å². The number of ether oxygens (including phenoxy) is 1. The molecule has 3 nitrogen and oxygen atoms in total. The fraction of sp³-hybridized carbons (Fsp3) is 0.438. The first-order valence-electron chi connectivity index (χ1n) is 7.03. The molecule has 1 aliphatic carbocycles. The van der Waals surface area contributed by atoms with Gasteiger partial charge in [-0.15, -0.1) is 0 Å². The maximum Gasteiger partial charge on any atom is 0.133 e. The molecule has 2 aromatic rings. The van der Waals surface area contributed by atoms with Crippen molar-refractivity contribution in [2.75, 3.05) is 19.0 Å². The van der Waals surface area contributed by atoms with Crippen molar-refractivity contribution in [2.45, 2.75) is 25.7 Å². The van der Waals surface area contributed by atoms with Gasteiger partial charge in [0.1, 0.15) is 11.6 Å². The molecule has 0 atom stereocenters. The van der Waals surface area contributed by atoms with Gasteiger partial charge < -0.3 is 10.1 Å². The predicted molar refractivity (Wildman–Crippen MR) is 78.7 cm³/mol. The van der Waals surface area contributed by atoms with Crippen LogP contribution in [0.25, 0.3) is 10.8 Å². The summed E-state index contributed by atoms with van der Waals surface area (Å²) >= 11 is 0. The van der Waals surface area contributed by atoms with Gasteiger partial charge in [0.05, 0.1) is 7.11 Å². The number of nitrogens with one attached hydrogen (secondary N) is 1. The summed E-state index contributed by atoms with van der Waals surface area (Å²) in [6.45, 7) is 1.03. The molecule has 3 rings (SSSR count). The summed E-state index contributed by atoms with van der Waals surface area (Å²) in [5.41, 5.74) is 0. The molecule has 1 aliphatic rings. The van der Waals surface area contributed by atoms with Crippen LogP contribution in [0.4, 0.5) is 5.82 Å². The minimum absolute atomic E-state index is 0.808. The normalized spacial score (nSPS) is 15.8. The van der Waals surface area contributed by atoms with Crippen LogP contribution in [0.2, 0.25) is 0 Å². The van der Waals surface area contributed by atoms with E-state index in [-0.39, 0.29) is 0 Å². The maximum atomic E-state index is 5.30. The van der Waals surface area contributed by atoms with Gasteiger partial charge in [0, 0.05) is 18.1 Å². The summed E-state index contributed by atoms with van der Waals surface area (Å²) < 4.78 is 5.30. The van der Waals surface area contributed by atoms with Gasteiger partial charge in [0.2, 0.25) is 0 Å². The monoisotopic (exact) mass is 256 g/mol. The van der Waals surface area contributed by atoms with Gasteiger partial charge in [-0.05, 0) is 42.3 Å². The highest BCUT2D eigenvalue weighted by Crippen LogP contribution is 2.28. The standard InChI is InChI=1S/C16H20N2O/c1-19-14-7-6-13-8-9-17-16(15(13)10-14)18-11-12-4-2-3-5-12/h6-10,12H,2-5,11H2,1H3,(H,17,18). The van der Waals surface area contributed by atoms with Gasteiger partial charge in [0.25, 0.3) is 0 Å². The molecule has 19 heavy (non-hydrogen) atoms. The van der Waals surface area contributed by atoms with Crippen LogP contribution < -0.4 is 10.1 Å². The quantitative estimate of drug-likeness (QED) is 0.902. The van der Waals surface area contributed by atoms with Crippen molar-refractivity contribution < 1.29 is 4.74 Å². The fourth-order valence-corrected chi connectivity index (χ4v) is 2.87. The first-order chi connectivity index (χ1) is 9.36. The predicted octanol–water partition coefficient (Wildman–Crippen LogP) is 3.85. The minimum Gasteiger partial charge on any atom is -0.497 e. The molecular formula is C16H20N2O. The summed E-state index contributed by atoms with van der Waals surface area (Å²) in [5, 5.41) is 5.85. The van der Waals surface area contributed by atoms with E-state index in [1.165, 1.54) is 31.1 Å². The van der Waals surface area contributed by atoms with Crippen molar-refractivity contribution in [1.29, 1.82) is 0 Å². The topological polar surface area (TPSA) is 34.1 Å². The van der Waals surface area contributed by atoms with Gasteiger partial charge in [-0.3, -0.25) is 0 Å². The first kappa shape index (κ1) is 12.3. The Morgan fingerprint density at radius 2 is 2.11 bits per heavy atom. The summed E-state index contributed by atoms with van der Waals surface area (Å²) in [5.74, 6) is 2.66. The number of nitrogens with zero attached hydrogens (tertiary/aromatic N) is 1. The Hall–Kier alpha value is -1.77. The molecule has 0 spiro atoms. The van der Waals surface area contributed by atoms with E-state index in [9.17, 15) is 0 Å². The Morgan fingerprint density at radius 1 is 1.26 bits per heavy atom. The summed E-state index contributed by atoms with van der Waals surface area (Å²) in [4.78, 5) is 4.48. The van der Waals surface area contributed by atoms with Gasteiger partial charge in [0.15, 0.2) is 0 Å². The summed E-state index contributed by atoms with van der Waals surface area (Å²) in [6, 6.07) is 8.16. The van der Waals surface area contributed by atoms with Crippen molar-refractivity contribution in [2.24, 2.45) is 5.92 Å². The molecule has 1 fully saturated rings. The van der Waals surface area contributed by atoms with E-state index in [1.807, 2.05) is 18.3 Å². The molecule has 1 saturated carbocycles. The smallest absolute Gasteiger partial charge is 0.133 e. The van der Waals surface area contributed by atoms with Gasteiger partial charge in [-0.1, -0.05) is 18.9 Å². The van der Waals surface area contributed by atoms with E-state index < -0.39 is 0 Å². The summed E-state index contributed by atoms with van der Waals surface area (Å²) in [6.07, 6.45) is 7.32. The number of hydrogen-bond donors (Lipinski definition) is 1. The Bertz CT molecular complexity index is 562. The lowest BCUT2D eigenvalue weighted by Gasteiger charge is -2.13. The van der Waals surface area contributed by atoms with Crippen molar-refractivity contribution >= 4 is 16.6 Å². The zero-order valence-corrected chi connectivity index (χ0v) is 11.4. The molecule has 1 N–H and O–H groups in total. The number of benzene rings is 1. The Morgan fingerprint density at radius 3 is 2.89 bits per heavy atom. The maximum absolute atomic E-state index is 5.30. The van der Waals surface area contributed by atoms with Crippen LogP contribution >= 0.6 is 0 Å². The second kappa shape index (κ2) is 5.47. The van der Waals surface area contributed by atoms with Crippen LogP contribution in [-0.2, 0) is 0 Å². The zero-order valence-electron chi connectivity index (χ0n) is 11.4. The van der Waals surface area contributed by atoms with Crippen molar-refractivity contribution in [3.63, 3.8) is 0 Å². The van der Waals surface area contributed by atoms with E-state index in [2.05, 4.69) is 22.4 Å². The molecule has 0 bridgehead atoms. The third-order valence-corrected chi connectivity index (χ3v) is 4.01. The molecule has 100 valence electrons. The van der Waals surface area contributed by atoms with Crippen molar-refractivity contribution in [1.82, 2.24) is 4.98 Å². The number of methoxy groups -OCH3 is 1. The van der Waals surface area contributed by atoms with Gasteiger partial charge in [-0.25, -0.2) is 4.98 Å². The average Bonchev–Trinajstić information content (AvgIpc) is 2.97. The Kier molecular flexibility index (Phi) is 3.53. The van der Waals surface area contributed by atoms with Crippen LogP contribution in [0.5, 0.6) is 5.75 Å². The third kappa shape index (κ3) is 2.65. The van der Waals surface area contributed by atoms with E-state index in [0.29, 0.717) is 0 Å². The molecular weight excluding hydrogens is 236 g/mol. The SMILES string of the molecule is COc1ccc2ccnc(NCC3CCCC3)c2c1. The van der Waals surface area contributed by atoms with Crippen LogP contribution in [0, 0.1) is 5.92 Å². The third-order valence-electron chi connectivity index (χ3n) is 4.01. The van der Waals surface area contributed by atoms with Gasteiger partial charge in [-0.2, -0.15) is 0 Å². The molecule has 0 unspecified atom stereocenters. The number of rotatable bonds is 4. The highest BCUT2D eigenvalue weighted by atomic mass is 16.5. The molecule has 1 heterocycles. The lowest BCUT2D eigenvalue weighted by atomic mass is 10.1. The second-order valence-corrected chi connectivity index (χ2v) is 5.28. The lowest BCUT2D eigenvalue weighted by molar-refractivity contribution is 0.415. The van der Waals surface area contributed by atoms with Gasteiger partial charge >= 0.3 is 0 Å². The van der Waals surface area contributed by atoms with E-state index >= 15 is 0 Å². The van der Waals surface area contributed by atoms with Crippen molar-refractivity contribution in [3.05, 3.63) is 30.5 Å². The summed E-state index contributed by atoms with van der Waals surface area (Å²) in [7, 11) is 1.70. The average molecular weight is 256 g/mol. The Balaban J connectivity index is 1.84. The number of fused-ring (bicyclic) bond motifs is 1. The molecule has 0 saturated heterocycles. The number of pyridine rings is 1. The van der Waals surface area contributed by atoms with Crippen LogP contribution in [0.3, 0.4) is 0 Å². The highest BCUT2D eigenvalue weighted by molar-refractivity contribution is 5.92. The zero-order chi connectivity index (χ0) is 13.1.